The predicted molar refractivity (Wildman–Crippen MR) is 78.3 cm³/mol. The fraction of sp³-hybridized carbons (Fsp3) is 0.583. The van der Waals surface area contributed by atoms with Crippen LogP contribution in [-0.2, 0) is 14.8 Å². The van der Waals surface area contributed by atoms with Gasteiger partial charge in [-0.05, 0) is 23.8 Å². The minimum Gasteiger partial charge on any atom is -0.465 e. The molecule has 1 aromatic heterocycles. The zero-order chi connectivity index (χ0) is 15.3. The Kier molecular flexibility index (Phi) is 6.12. The number of nitrogens with one attached hydrogen (secondary N) is 1. The van der Waals surface area contributed by atoms with Gasteiger partial charge in [-0.3, -0.25) is 0 Å². The van der Waals surface area contributed by atoms with E-state index in [4.69, 9.17) is 5.73 Å². The normalized spacial score (nSPS) is 13.4. The molecule has 0 fully saturated rings. The number of rotatable bonds is 7. The first kappa shape index (κ1) is 17.1. The molecule has 1 heterocycles. The molecule has 0 spiro atoms. The van der Waals surface area contributed by atoms with Crippen molar-refractivity contribution in [1.82, 2.24) is 4.72 Å². The number of carbonyl (C=O) groups excluding carboxylic acids is 1. The van der Waals surface area contributed by atoms with Crippen LogP contribution in [0.4, 0.5) is 0 Å². The average molecular weight is 320 g/mol. The summed E-state index contributed by atoms with van der Waals surface area (Å²) < 4.78 is 31.8. The highest BCUT2D eigenvalue weighted by atomic mass is 32.2. The molecule has 1 aromatic rings. The number of hydrogen-bond acceptors (Lipinski definition) is 6. The fourth-order valence-corrected chi connectivity index (χ4v) is 4.39. The number of ether oxygens (including phenoxy) is 1. The first-order chi connectivity index (χ1) is 9.31. The molecule has 0 saturated heterocycles. The van der Waals surface area contributed by atoms with Crippen molar-refractivity contribution < 1.29 is 17.9 Å². The minimum absolute atomic E-state index is 0.0587. The lowest BCUT2D eigenvalue weighted by Gasteiger charge is -2.18. The van der Waals surface area contributed by atoms with E-state index < -0.39 is 16.0 Å². The molecule has 1 unspecified atom stereocenters. The quantitative estimate of drug-likeness (QED) is 0.735. The van der Waals surface area contributed by atoms with Crippen LogP contribution in [0.2, 0.25) is 0 Å². The van der Waals surface area contributed by atoms with E-state index >= 15 is 0 Å². The fourth-order valence-electron chi connectivity index (χ4n) is 1.80. The smallest absolute Gasteiger partial charge is 0.349 e. The van der Waals surface area contributed by atoms with Gasteiger partial charge in [0.15, 0.2) is 0 Å². The summed E-state index contributed by atoms with van der Waals surface area (Å²) in [4.78, 5) is 11.6. The van der Waals surface area contributed by atoms with Crippen LogP contribution in [0.1, 0.15) is 29.9 Å². The lowest BCUT2D eigenvalue weighted by atomic mass is 10.1. The summed E-state index contributed by atoms with van der Waals surface area (Å²) in [7, 11) is -2.56. The summed E-state index contributed by atoms with van der Waals surface area (Å²) in [6.07, 6.45) is 0.632. The van der Waals surface area contributed by atoms with Crippen molar-refractivity contribution in [2.75, 3.05) is 13.7 Å². The molecule has 1 rings (SSSR count). The van der Waals surface area contributed by atoms with Crippen molar-refractivity contribution in [3.8, 4) is 0 Å². The number of hydrogen-bond donors (Lipinski definition) is 2. The Balaban J connectivity index is 2.99. The Morgan fingerprint density at radius 3 is 2.65 bits per heavy atom. The molecule has 0 aromatic carbocycles. The maximum atomic E-state index is 12.3. The molecule has 6 nitrogen and oxygen atoms in total. The number of thiophene rings is 1. The van der Waals surface area contributed by atoms with Gasteiger partial charge in [-0.1, -0.05) is 13.8 Å². The molecule has 0 aliphatic carbocycles. The highest BCUT2D eigenvalue weighted by molar-refractivity contribution is 7.89. The molecule has 1 atom stereocenters. The predicted octanol–water partition coefficient (Wildman–Crippen LogP) is 1.19. The number of nitrogens with two attached hydrogens (primary N) is 1. The largest absolute Gasteiger partial charge is 0.465 e. The molecule has 0 radical (unpaired) electrons. The van der Waals surface area contributed by atoms with Crippen molar-refractivity contribution >= 4 is 27.3 Å². The molecule has 114 valence electrons. The van der Waals surface area contributed by atoms with E-state index in [-0.39, 0.29) is 22.4 Å². The van der Waals surface area contributed by atoms with Crippen LogP contribution in [0.15, 0.2) is 16.3 Å². The van der Waals surface area contributed by atoms with Crippen LogP contribution in [0, 0.1) is 5.92 Å². The number of methoxy groups -OCH3 is 1. The Morgan fingerprint density at radius 1 is 1.50 bits per heavy atom. The lowest BCUT2D eigenvalue weighted by molar-refractivity contribution is 0.0602. The van der Waals surface area contributed by atoms with Gasteiger partial charge in [-0.25, -0.2) is 17.9 Å². The Bertz CT molecular complexity index is 552. The van der Waals surface area contributed by atoms with Crippen LogP contribution in [-0.4, -0.2) is 34.1 Å². The molecular weight excluding hydrogens is 300 g/mol. The average Bonchev–Trinajstić information content (AvgIpc) is 2.86. The Hall–Kier alpha value is -0.960. The van der Waals surface area contributed by atoms with Crippen LogP contribution in [0.25, 0.3) is 0 Å². The molecule has 0 aliphatic heterocycles. The topological polar surface area (TPSA) is 98.5 Å². The van der Waals surface area contributed by atoms with Gasteiger partial charge in [0, 0.05) is 12.6 Å². The summed E-state index contributed by atoms with van der Waals surface area (Å²) in [6, 6.07) is 1.03. The second-order valence-corrected chi connectivity index (χ2v) is 7.39. The molecule has 0 amide bonds. The summed E-state index contributed by atoms with van der Waals surface area (Å²) in [6.45, 7) is 4.18. The van der Waals surface area contributed by atoms with E-state index in [0.717, 1.165) is 11.3 Å². The Morgan fingerprint density at radius 2 is 2.15 bits per heavy atom. The zero-order valence-electron chi connectivity index (χ0n) is 11.8. The SMILES string of the molecule is COC(=O)c1sccc1S(=O)(=O)NC(CN)CC(C)C. The molecule has 0 saturated carbocycles. The summed E-state index contributed by atoms with van der Waals surface area (Å²) in [5.74, 6) is -0.345. The van der Waals surface area contributed by atoms with E-state index in [1.54, 1.807) is 5.38 Å². The van der Waals surface area contributed by atoms with Gasteiger partial charge in [0.05, 0.1) is 7.11 Å². The molecular formula is C12H20N2O4S2. The van der Waals surface area contributed by atoms with Crippen LogP contribution >= 0.6 is 11.3 Å². The van der Waals surface area contributed by atoms with Gasteiger partial charge in [-0.2, -0.15) is 0 Å². The molecule has 3 N–H and O–H groups in total. The van der Waals surface area contributed by atoms with Crippen molar-refractivity contribution in [3.05, 3.63) is 16.3 Å². The minimum atomic E-state index is -3.78. The lowest BCUT2D eigenvalue weighted by Crippen LogP contribution is -2.41. The van der Waals surface area contributed by atoms with Crippen molar-refractivity contribution in [1.29, 1.82) is 0 Å². The first-order valence-electron chi connectivity index (χ1n) is 6.20. The van der Waals surface area contributed by atoms with Crippen LogP contribution in [0.5, 0.6) is 0 Å². The molecule has 8 heteroatoms. The first-order valence-corrected chi connectivity index (χ1v) is 8.56. The maximum absolute atomic E-state index is 12.3. The van der Waals surface area contributed by atoms with Crippen molar-refractivity contribution in [2.24, 2.45) is 11.7 Å². The number of carbonyl (C=O) groups is 1. The van der Waals surface area contributed by atoms with Gasteiger partial charge in [0.25, 0.3) is 0 Å². The zero-order valence-corrected chi connectivity index (χ0v) is 13.4. The third-order valence-corrected chi connectivity index (χ3v) is 5.24. The van der Waals surface area contributed by atoms with Crippen molar-refractivity contribution in [3.63, 3.8) is 0 Å². The van der Waals surface area contributed by atoms with Crippen LogP contribution in [0.3, 0.4) is 0 Å². The van der Waals surface area contributed by atoms with E-state index in [1.807, 2.05) is 13.8 Å². The Labute approximate surface area is 123 Å². The van der Waals surface area contributed by atoms with E-state index in [0.29, 0.717) is 12.3 Å². The van der Waals surface area contributed by atoms with Crippen LogP contribution < -0.4 is 10.5 Å². The second kappa shape index (κ2) is 7.16. The summed E-state index contributed by atoms with van der Waals surface area (Å²) in [5.41, 5.74) is 5.59. The number of esters is 1. The number of sulfonamides is 1. The van der Waals surface area contributed by atoms with Gasteiger partial charge < -0.3 is 10.5 Å². The van der Waals surface area contributed by atoms with Gasteiger partial charge >= 0.3 is 5.97 Å². The van der Waals surface area contributed by atoms with Gasteiger partial charge in [0.1, 0.15) is 9.77 Å². The molecule has 0 aliphatic rings. The van der Waals surface area contributed by atoms with Gasteiger partial charge in [-0.15, -0.1) is 11.3 Å². The summed E-state index contributed by atoms with van der Waals surface area (Å²) in [5, 5.41) is 1.54. The van der Waals surface area contributed by atoms with E-state index in [2.05, 4.69) is 9.46 Å². The standard InChI is InChI=1S/C12H20N2O4S2/c1-8(2)6-9(7-13)14-20(16,17)10-4-5-19-11(10)12(15)18-3/h4-5,8-9,14H,6-7,13H2,1-3H3. The van der Waals surface area contributed by atoms with Crippen molar-refractivity contribution in [2.45, 2.75) is 31.2 Å². The third-order valence-electron chi connectivity index (χ3n) is 2.65. The second-order valence-electron chi connectivity index (χ2n) is 4.79. The van der Waals surface area contributed by atoms with E-state index in [1.165, 1.54) is 13.2 Å². The van der Waals surface area contributed by atoms with Gasteiger partial charge in [0.2, 0.25) is 10.0 Å². The highest BCUT2D eigenvalue weighted by Crippen LogP contribution is 2.23. The van der Waals surface area contributed by atoms with E-state index in [9.17, 15) is 13.2 Å². The maximum Gasteiger partial charge on any atom is 0.349 e. The summed E-state index contributed by atoms with van der Waals surface area (Å²) >= 11 is 1.03. The monoisotopic (exact) mass is 320 g/mol. The molecule has 0 bridgehead atoms. The molecule has 20 heavy (non-hydrogen) atoms. The third kappa shape index (κ3) is 4.27. The highest BCUT2D eigenvalue weighted by Gasteiger charge is 2.26.